The lowest BCUT2D eigenvalue weighted by atomic mass is 10.0. The molecular formula is C21H20ClN5S. The van der Waals surface area contributed by atoms with Gasteiger partial charge < -0.3 is 4.57 Å². The first-order chi connectivity index (χ1) is 13.6. The monoisotopic (exact) mass is 409 g/mol. The summed E-state index contributed by atoms with van der Waals surface area (Å²) in [7, 11) is 0. The van der Waals surface area contributed by atoms with Gasteiger partial charge in [-0.2, -0.15) is 0 Å². The minimum Gasteiger partial charge on any atom is -0.302 e. The fourth-order valence-corrected chi connectivity index (χ4v) is 4.40. The molecule has 0 aliphatic carbocycles. The number of aromatic nitrogens is 5. The largest absolute Gasteiger partial charge is 0.302 e. The Balaban J connectivity index is 1.62. The Morgan fingerprint density at radius 1 is 1.07 bits per heavy atom. The summed E-state index contributed by atoms with van der Waals surface area (Å²) in [6.45, 7) is 7.05. The second-order valence-electron chi connectivity index (χ2n) is 6.59. The predicted octanol–water partition coefficient (Wildman–Crippen LogP) is 5.47. The summed E-state index contributed by atoms with van der Waals surface area (Å²) in [6.07, 6.45) is 3.53. The van der Waals surface area contributed by atoms with Crippen LogP contribution >= 0.6 is 23.4 Å². The summed E-state index contributed by atoms with van der Waals surface area (Å²) >= 11 is 8.11. The van der Waals surface area contributed by atoms with Crippen LogP contribution in [-0.4, -0.2) is 24.7 Å². The quantitative estimate of drug-likeness (QED) is 0.323. The maximum atomic E-state index is 6.49. The van der Waals surface area contributed by atoms with Gasteiger partial charge in [0.15, 0.2) is 11.0 Å². The van der Waals surface area contributed by atoms with Crippen LogP contribution in [0.5, 0.6) is 0 Å². The van der Waals surface area contributed by atoms with Crippen LogP contribution in [0, 0.1) is 13.8 Å². The van der Waals surface area contributed by atoms with Crippen LogP contribution in [0.2, 0.25) is 5.15 Å². The summed E-state index contributed by atoms with van der Waals surface area (Å²) in [6, 6.07) is 10.2. The number of hydrogen-bond acceptors (Lipinski definition) is 5. The summed E-state index contributed by atoms with van der Waals surface area (Å²) < 4.78 is 2.11. The minimum absolute atomic E-state index is 0.547. The molecule has 0 spiro atoms. The van der Waals surface area contributed by atoms with Crippen molar-refractivity contribution in [1.82, 2.24) is 24.7 Å². The highest BCUT2D eigenvalue weighted by atomic mass is 35.5. The van der Waals surface area contributed by atoms with Gasteiger partial charge in [-0.1, -0.05) is 35.5 Å². The third kappa shape index (κ3) is 3.50. The summed E-state index contributed by atoms with van der Waals surface area (Å²) in [5.74, 6) is 1.53. The Labute approximate surface area is 173 Å². The highest BCUT2D eigenvalue weighted by Crippen LogP contribution is 2.31. The van der Waals surface area contributed by atoms with Gasteiger partial charge in [0.2, 0.25) is 0 Å². The van der Waals surface area contributed by atoms with E-state index < -0.39 is 0 Å². The number of hydrogen-bond donors (Lipinski definition) is 0. The van der Waals surface area contributed by atoms with Crippen LogP contribution in [0.25, 0.3) is 22.3 Å². The summed E-state index contributed by atoms with van der Waals surface area (Å²) in [5.41, 5.74) is 5.37. The van der Waals surface area contributed by atoms with Crippen molar-refractivity contribution in [2.75, 3.05) is 0 Å². The molecule has 5 nitrogen and oxygen atoms in total. The van der Waals surface area contributed by atoms with Crippen molar-refractivity contribution in [3.63, 3.8) is 0 Å². The molecule has 0 unspecified atom stereocenters. The smallest absolute Gasteiger partial charge is 0.191 e. The van der Waals surface area contributed by atoms with Gasteiger partial charge in [0.05, 0.1) is 5.52 Å². The first-order valence-electron chi connectivity index (χ1n) is 9.10. The SMILES string of the molecule is CCn1c(SCc2cc3ccc(C)c(C)c3nc2Cl)nnc1-c1ccncc1. The average Bonchev–Trinajstić information content (AvgIpc) is 3.13. The Morgan fingerprint density at radius 2 is 1.86 bits per heavy atom. The number of fused-ring (bicyclic) bond motifs is 1. The zero-order valence-electron chi connectivity index (χ0n) is 16.0. The number of halogens is 1. The second kappa shape index (κ2) is 7.89. The van der Waals surface area contributed by atoms with Crippen LogP contribution in [0.15, 0.2) is 47.9 Å². The van der Waals surface area contributed by atoms with Gasteiger partial charge in [0.1, 0.15) is 5.15 Å². The van der Waals surface area contributed by atoms with Crippen LogP contribution in [0.1, 0.15) is 23.6 Å². The van der Waals surface area contributed by atoms with Crippen molar-refractivity contribution in [1.29, 1.82) is 0 Å². The van der Waals surface area contributed by atoms with Crippen molar-refractivity contribution in [2.45, 2.75) is 38.2 Å². The Morgan fingerprint density at radius 3 is 2.61 bits per heavy atom. The van der Waals surface area contributed by atoms with Gasteiger partial charge in [-0.25, -0.2) is 4.98 Å². The average molecular weight is 410 g/mol. The number of aryl methyl sites for hydroxylation is 2. The van der Waals surface area contributed by atoms with E-state index in [1.54, 1.807) is 24.2 Å². The van der Waals surface area contributed by atoms with Crippen molar-refractivity contribution in [3.8, 4) is 11.4 Å². The number of benzene rings is 1. The molecule has 0 bridgehead atoms. The molecule has 0 atom stereocenters. The second-order valence-corrected chi connectivity index (χ2v) is 7.89. The van der Waals surface area contributed by atoms with E-state index in [1.165, 1.54) is 11.1 Å². The number of rotatable bonds is 5. The molecule has 0 amide bonds. The molecule has 0 saturated heterocycles. The molecule has 0 aliphatic rings. The molecule has 142 valence electrons. The van der Waals surface area contributed by atoms with Crippen molar-refractivity contribution < 1.29 is 0 Å². The molecule has 28 heavy (non-hydrogen) atoms. The zero-order valence-corrected chi connectivity index (χ0v) is 17.6. The van der Waals surface area contributed by atoms with E-state index in [-0.39, 0.29) is 0 Å². The van der Waals surface area contributed by atoms with Crippen LogP contribution in [-0.2, 0) is 12.3 Å². The third-order valence-electron chi connectivity index (χ3n) is 4.87. The highest BCUT2D eigenvalue weighted by Gasteiger charge is 2.15. The van der Waals surface area contributed by atoms with E-state index in [9.17, 15) is 0 Å². The van der Waals surface area contributed by atoms with E-state index in [0.29, 0.717) is 10.9 Å². The molecular weight excluding hydrogens is 390 g/mol. The molecule has 1 aromatic carbocycles. The third-order valence-corrected chi connectivity index (χ3v) is 6.21. The fourth-order valence-electron chi connectivity index (χ4n) is 3.14. The van der Waals surface area contributed by atoms with Crippen LogP contribution in [0.3, 0.4) is 0 Å². The standard InChI is InChI=1S/C21H20ClN5S/c1-4-27-20(15-7-9-23-10-8-15)25-26-21(27)28-12-17-11-16-6-5-13(2)14(3)18(16)24-19(17)22/h5-11H,4,12H2,1-3H3. The Bertz CT molecular complexity index is 1140. The van der Waals surface area contributed by atoms with Crippen molar-refractivity contribution in [2.24, 2.45) is 0 Å². The Hall–Kier alpha value is -2.44. The first-order valence-corrected chi connectivity index (χ1v) is 10.5. The molecule has 0 radical (unpaired) electrons. The van der Waals surface area contributed by atoms with Gasteiger partial charge in [-0.15, -0.1) is 10.2 Å². The molecule has 3 heterocycles. The lowest BCUT2D eigenvalue weighted by Gasteiger charge is -2.10. The topological polar surface area (TPSA) is 56.5 Å². The minimum atomic E-state index is 0.547. The number of pyridine rings is 2. The van der Waals surface area contributed by atoms with E-state index in [2.05, 4.69) is 63.7 Å². The molecule has 7 heteroatoms. The van der Waals surface area contributed by atoms with Gasteiger partial charge >= 0.3 is 0 Å². The van der Waals surface area contributed by atoms with Crippen LogP contribution < -0.4 is 0 Å². The molecule has 3 aromatic heterocycles. The van der Waals surface area contributed by atoms with Crippen molar-refractivity contribution >= 4 is 34.3 Å². The van der Waals surface area contributed by atoms with Gasteiger partial charge in [-0.3, -0.25) is 4.98 Å². The number of thioether (sulfide) groups is 1. The molecule has 4 rings (SSSR count). The zero-order chi connectivity index (χ0) is 19.7. The molecule has 4 aromatic rings. The lowest BCUT2D eigenvalue weighted by Crippen LogP contribution is -2.00. The maximum Gasteiger partial charge on any atom is 0.191 e. The molecule has 0 aliphatic heterocycles. The van der Waals surface area contributed by atoms with Gasteiger partial charge in [-0.05, 0) is 50.1 Å². The molecule has 0 saturated carbocycles. The molecule has 0 fully saturated rings. The van der Waals surface area contributed by atoms with Crippen molar-refractivity contribution in [3.05, 3.63) is 64.6 Å². The fraction of sp³-hybridized carbons (Fsp3) is 0.238. The predicted molar refractivity (Wildman–Crippen MR) is 115 cm³/mol. The van der Waals surface area contributed by atoms with Gasteiger partial charge in [0.25, 0.3) is 0 Å². The summed E-state index contributed by atoms with van der Waals surface area (Å²) in [5, 5.41) is 11.3. The number of nitrogens with zero attached hydrogens (tertiary/aromatic N) is 5. The Kier molecular flexibility index (Phi) is 5.33. The van der Waals surface area contributed by atoms with E-state index in [4.69, 9.17) is 11.6 Å². The highest BCUT2D eigenvalue weighted by molar-refractivity contribution is 7.98. The lowest BCUT2D eigenvalue weighted by molar-refractivity contribution is 0.687. The van der Waals surface area contributed by atoms with Crippen LogP contribution in [0.4, 0.5) is 0 Å². The normalized spacial score (nSPS) is 11.3. The van der Waals surface area contributed by atoms with E-state index >= 15 is 0 Å². The maximum absolute atomic E-state index is 6.49. The molecule has 0 N–H and O–H groups in total. The van der Waals surface area contributed by atoms with Gasteiger partial charge in [0, 0.05) is 41.2 Å². The summed E-state index contributed by atoms with van der Waals surface area (Å²) in [4.78, 5) is 8.72. The van der Waals surface area contributed by atoms with E-state index in [0.717, 1.165) is 39.6 Å². The van der Waals surface area contributed by atoms with E-state index in [1.807, 2.05) is 12.1 Å². The first kappa shape index (κ1) is 18.9.